The molecule has 0 aliphatic carbocycles. The average Bonchev–Trinajstić information content (AvgIpc) is 2.18. The second-order valence-corrected chi connectivity index (χ2v) is 3.85. The Bertz CT molecular complexity index is 203. The van der Waals surface area contributed by atoms with E-state index in [1.54, 1.807) is 0 Å². The van der Waals surface area contributed by atoms with Crippen molar-refractivity contribution >= 4 is 5.71 Å². The molecule has 0 saturated carbocycles. The second kappa shape index (κ2) is 3.05. The van der Waals surface area contributed by atoms with E-state index in [9.17, 15) is 0 Å². The lowest BCUT2D eigenvalue weighted by atomic mass is 9.81. The number of fused-ring (bicyclic) bond motifs is 3. The summed E-state index contributed by atoms with van der Waals surface area (Å²) in [6.07, 6.45) is 3.63. The number of oxime groups is 1. The lowest BCUT2D eigenvalue weighted by Gasteiger charge is -2.45. The van der Waals surface area contributed by atoms with Crippen molar-refractivity contribution in [2.45, 2.75) is 32.2 Å². The maximum absolute atomic E-state index is 8.73. The van der Waals surface area contributed by atoms with Gasteiger partial charge < -0.3 is 5.21 Å². The molecule has 3 unspecified atom stereocenters. The van der Waals surface area contributed by atoms with E-state index in [0.29, 0.717) is 5.92 Å². The molecule has 68 valence electrons. The zero-order valence-electron chi connectivity index (χ0n) is 7.53. The van der Waals surface area contributed by atoms with Gasteiger partial charge in [-0.25, -0.2) is 0 Å². The van der Waals surface area contributed by atoms with Crippen LogP contribution in [0.2, 0.25) is 0 Å². The standard InChI is InChI=1S/C9H16N2O/c1-2-8-5-7-3-4-11(8)6-9(7)10-12/h7-8,12H,2-6H2,1H3/b10-9+. The molecule has 3 heterocycles. The summed E-state index contributed by atoms with van der Waals surface area (Å²) in [7, 11) is 0. The van der Waals surface area contributed by atoms with E-state index >= 15 is 0 Å². The molecule has 3 aliphatic heterocycles. The summed E-state index contributed by atoms with van der Waals surface area (Å²) in [6.45, 7) is 4.34. The first-order valence-electron chi connectivity index (χ1n) is 4.80. The summed E-state index contributed by atoms with van der Waals surface area (Å²) in [6, 6.07) is 0.745. The normalized spacial score (nSPS) is 43.8. The van der Waals surface area contributed by atoms with Gasteiger partial charge in [-0.3, -0.25) is 4.90 Å². The van der Waals surface area contributed by atoms with Gasteiger partial charge in [0.25, 0.3) is 0 Å². The summed E-state index contributed by atoms with van der Waals surface area (Å²) >= 11 is 0. The van der Waals surface area contributed by atoms with Crippen LogP contribution in [0.5, 0.6) is 0 Å². The molecule has 0 aromatic rings. The van der Waals surface area contributed by atoms with E-state index in [0.717, 1.165) is 18.3 Å². The third kappa shape index (κ3) is 1.12. The Morgan fingerprint density at radius 3 is 3.00 bits per heavy atom. The maximum Gasteiger partial charge on any atom is 0.0742 e. The molecule has 0 radical (unpaired) electrons. The van der Waals surface area contributed by atoms with Gasteiger partial charge in [-0.1, -0.05) is 12.1 Å². The Labute approximate surface area is 73.1 Å². The molecule has 3 aliphatic rings. The molecule has 0 aromatic heterocycles. The van der Waals surface area contributed by atoms with Gasteiger partial charge in [0.05, 0.1) is 5.71 Å². The molecule has 0 amide bonds. The molecule has 3 fully saturated rings. The lowest BCUT2D eigenvalue weighted by Crippen LogP contribution is -2.53. The molecule has 2 bridgehead atoms. The molecule has 3 nitrogen and oxygen atoms in total. The number of hydrogen-bond donors (Lipinski definition) is 1. The van der Waals surface area contributed by atoms with Crippen LogP contribution in [0.25, 0.3) is 0 Å². The molecule has 0 aromatic carbocycles. The molecule has 3 saturated heterocycles. The van der Waals surface area contributed by atoms with E-state index < -0.39 is 0 Å². The fourth-order valence-corrected chi connectivity index (χ4v) is 2.49. The van der Waals surface area contributed by atoms with Gasteiger partial charge >= 0.3 is 0 Å². The Hall–Kier alpha value is -0.570. The average molecular weight is 168 g/mol. The van der Waals surface area contributed by atoms with E-state index in [-0.39, 0.29) is 0 Å². The van der Waals surface area contributed by atoms with Crippen molar-refractivity contribution < 1.29 is 5.21 Å². The highest BCUT2D eigenvalue weighted by Crippen LogP contribution is 2.31. The van der Waals surface area contributed by atoms with Crippen molar-refractivity contribution in [2.75, 3.05) is 13.1 Å². The number of hydrogen-bond acceptors (Lipinski definition) is 3. The van der Waals surface area contributed by atoms with Gasteiger partial charge in [0.1, 0.15) is 0 Å². The van der Waals surface area contributed by atoms with Gasteiger partial charge in [0.2, 0.25) is 0 Å². The quantitative estimate of drug-likeness (QED) is 0.473. The monoisotopic (exact) mass is 168 g/mol. The second-order valence-electron chi connectivity index (χ2n) is 3.85. The van der Waals surface area contributed by atoms with Crippen molar-refractivity contribution in [1.82, 2.24) is 4.90 Å². The van der Waals surface area contributed by atoms with Crippen LogP contribution < -0.4 is 0 Å². The van der Waals surface area contributed by atoms with Crippen LogP contribution in [0.1, 0.15) is 26.2 Å². The van der Waals surface area contributed by atoms with E-state index in [1.165, 1.54) is 25.8 Å². The van der Waals surface area contributed by atoms with E-state index in [4.69, 9.17) is 5.21 Å². The molecule has 3 heteroatoms. The molecule has 3 rings (SSSR count). The minimum absolute atomic E-state index is 0.574. The molecular formula is C9H16N2O. The van der Waals surface area contributed by atoms with E-state index in [1.807, 2.05) is 0 Å². The highest BCUT2D eigenvalue weighted by atomic mass is 16.4. The highest BCUT2D eigenvalue weighted by molar-refractivity contribution is 5.89. The fraction of sp³-hybridized carbons (Fsp3) is 0.889. The molecule has 1 N–H and O–H groups in total. The SMILES string of the molecule is CCC1CC2CCN1C/C2=N\O. The van der Waals surface area contributed by atoms with Gasteiger partial charge in [-0.15, -0.1) is 0 Å². The van der Waals surface area contributed by atoms with Crippen molar-refractivity contribution in [1.29, 1.82) is 0 Å². The van der Waals surface area contributed by atoms with Gasteiger partial charge in [0.15, 0.2) is 0 Å². The zero-order valence-corrected chi connectivity index (χ0v) is 7.53. The van der Waals surface area contributed by atoms with Crippen LogP contribution in [0.15, 0.2) is 5.16 Å². The van der Waals surface area contributed by atoms with Crippen LogP contribution in [-0.2, 0) is 0 Å². The predicted octanol–water partition coefficient (Wildman–Crippen LogP) is 1.32. The van der Waals surface area contributed by atoms with Crippen LogP contribution in [-0.4, -0.2) is 35.0 Å². The third-order valence-corrected chi connectivity index (χ3v) is 3.27. The summed E-state index contributed by atoms with van der Waals surface area (Å²) in [5.74, 6) is 0.574. The maximum atomic E-state index is 8.73. The summed E-state index contributed by atoms with van der Waals surface area (Å²) in [5, 5.41) is 12.1. The molecule has 3 atom stereocenters. The van der Waals surface area contributed by atoms with Crippen molar-refractivity contribution in [3.05, 3.63) is 0 Å². The van der Waals surface area contributed by atoms with Crippen molar-refractivity contribution in [3.63, 3.8) is 0 Å². The Morgan fingerprint density at radius 1 is 1.67 bits per heavy atom. The zero-order chi connectivity index (χ0) is 8.55. The first-order valence-corrected chi connectivity index (χ1v) is 4.80. The Morgan fingerprint density at radius 2 is 2.50 bits per heavy atom. The Kier molecular flexibility index (Phi) is 2.05. The highest BCUT2D eigenvalue weighted by Gasteiger charge is 2.36. The third-order valence-electron chi connectivity index (χ3n) is 3.27. The van der Waals surface area contributed by atoms with Gasteiger partial charge in [0, 0.05) is 18.5 Å². The number of nitrogens with zero attached hydrogens (tertiary/aromatic N) is 2. The number of rotatable bonds is 1. The first-order chi connectivity index (χ1) is 5.85. The largest absolute Gasteiger partial charge is 0.411 e. The Balaban J connectivity index is 2.11. The fourth-order valence-electron chi connectivity index (χ4n) is 2.49. The smallest absolute Gasteiger partial charge is 0.0742 e. The summed E-state index contributed by atoms with van der Waals surface area (Å²) < 4.78 is 0. The van der Waals surface area contributed by atoms with Crippen LogP contribution in [0, 0.1) is 5.92 Å². The summed E-state index contributed by atoms with van der Waals surface area (Å²) in [5.41, 5.74) is 1.01. The minimum atomic E-state index is 0.574. The van der Waals surface area contributed by atoms with E-state index in [2.05, 4.69) is 17.0 Å². The summed E-state index contributed by atoms with van der Waals surface area (Å²) in [4.78, 5) is 2.44. The van der Waals surface area contributed by atoms with Crippen LogP contribution >= 0.6 is 0 Å². The van der Waals surface area contributed by atoms with Gasteiger partial charge in [-0.05, 0) is 25.8 Å². The predicted molar refractivity (Wildman–Crippen MR) is 47.6 cm³/mol. The van der Waals surface area contributed by atoms with Crippen LogP contribution in [0.3, 0.4) is 0 Å². The molecular weight excluding hydrogens is 152 g/mol. The lowest BCUT2D eigenvalue weighted by molar-refractivity contribution is 0.115. The van der Waals surface area contributed by atoms with Gasteiger partial charge in [-0.2, -0.15) is 0 Å². The van der Waals surface area contributed by atoms with Crippen molar-refractivity contribution in [3.8, 4) is 0 Å². The molecule has 12 heavy (non-hydrogen) atoms. The van der Waals surface area contributed by atoms with Crippen molar-refractivity contribution in [2.24, 2.45) is 11.1 Å². The minimum Gasteiger partial charge on any atom is -0.411 e. The first kappa shape index (κ1) is 8.05. The number of piperidine rings is 3. The van der Waals surface area contributed by atoms with Crippen LogP contribution in [0.4, 0.5) is 0 Å². The topological polar surface area (TPSA) is 35.8 Å². The molecule has 0 spiro atoms.